The Morgan fingerprint density at radius 2 is 0.857 bits per heavy atom. The van der Waals surface area contributed by atoms with Crippen molar-refractivity contribution in [3.8, 4) is 0 Å². The van der Waals surface area contributed by atoms with Crippen LogP contribution in [0.25, 0.3) is 0 Å². The van der Waals surface area contributed by atoms with Crippen molar-refractivity contribution in [2.45, 2.75) is 0 Å². The second-order valence-electron chi connectivity index (χ2n) is 2.18. The molecule has 1 heterocycles. The van der Waals surface area contributed by atoms with Crippen LogP contribution in [-0.4, -0.2) is 17.2 Å². The fourth-order valence-electron chi connectivity index (χ4n) is 0.698. The molecule has 0 fully saturated rings. The van der Waals surface area contributed by atoms with Crippen molar-refractivity contribution in [3.63, 3.8) is 0 Å². The molecule has 0 atom stereocenters. The molecular formula is C12H15NO. The molecule has 0 aliphatic carbocycles. The second kappa shape index (κ2) is 11.3. The van der Waals surface area contributed by atoms with Crippen LogP contribution < -0.4 is 0 Å². The molecule has 0 unspecified atom stereocenters. The molecule has 0 amide bonds. The van der Waals surface area contributed by atoms with Crippen molar-refractivity contribution < 1.29 is 5.11 Å². The van der Waals surface area contributed by atoms with E-state index >= 15 is 0 Å². The summed E-state index contributed by atoms with van der Waals surface area (Å²) in [6, 6.07) is 17.7. The van der Waals surface area contributed by atoms with Gasteiger partial charge < -0.3 is 5.11 Å². The first-order valence-electron chi connectivity index (χ1n) is 4.30. The van der Waals surface area contributed by atoms with Gasteiger partial charge in [-0.1, -0.05) is 42.5 Å². The zero-order chi connectivity index (χ0) is 10.5. The molecular weight excluding hydrogens is 174 g/mol. The molecule has 0 radical (unpaired) electrons. The quantitative estimate of drug-likeness (QED) is 0.690. The smallest absolute Gasteiger partial charge is 0.0319 e. The molecule has 0 spiro atoms. The number of pyridine rings is 1. The summed E-state index contributed by atoms with van der Waals surface area (Å²) < 4.78 is 0. The SMILES string of the molecule is CO.c1ccccc1.c1ccncc1. The van der Waals surface area contributed by atoms with E-state index in [-0.39, 0.29) is 0 Å². The van der Waals surface area contributed by atoms with Crippen molar-refractivity contribution in [2.75, 3.05) is 7.11 Å². The first-order chi connectivity index (χ1) is 7.00. The van der Waals surface area contributed by atoms with E-state index in [0.717, 1.165) is 7.11 Å². The number of hydrogen-bond acceptors (Lipinski definition) is 2. The lowest BCUT2D eigenvalue weighted by Gasteiger charge is -1.70. The van der Waals surface area contributed by atoms with E-state index < -0.39 is 0 Å². The number of nitrogens with zero attached hydrogens (tertiary/aromatic N) is 1. The highest BCUT2D eigenvalue weighted by molar-refractivity contribution is 4.99. The van der Waals surface area contributed by atoms with Crippen LogP contribution in [-0.2, 0) is 0 Å². The standard InChI is InChI=1S/C6H6.C5H5N.CH4O/c2*1-2-4-6-5-3-1;1-2/h1-6H;1-5H;2H,1H3. The Hall–Kier alpha value is -1.67. The topological polar surface area (TPSA) is 33.1 Å². The van der Waals surface area contributed by atoms with Crippen LogP contribution in [0.1, 0.15) is 0 Å². The molecule has 0 aliphatic heterocycles. The summed E-state index contributed by atoms with van der Waals surface area (Å²) in [4.78, 5) is 3.78. The minimum Gasteiger partial charge on any atom is -0.400 e. The zero-order valence-corrected chi connectivity index (χ0v) is 8.25. The molecule has 2 nitrogen and oxygen atoms in total. The van der Waals surface area contributed by atoms with Gasteiger partial charge >= 0.3 is 0 Å². The third kappa shape index (κ3) is 8.43. The molecule has 2 heteroatoms. The fraction of sp³-hybridized carbons (Fsp3) is 0.0833. The van der Waals surface area contributed by atoms with E-state index in [2.05, 4.69) is 4.98 Å². The van der Waals surface area contributed by atoms with Crippen molar-refractivity contribution in [2.24, 2.45) is 0 Å². The van der Waals surface area contributed by atoms with Gasteiger partial charge in [0, 0.05) is 19.5 Å². The molecule has 74 valence electrons. The number of hydrogen-bond donors (Lipinski definition) is 1. The third-order valence-corrected chi connectivity index (χ3v) is 1.23. The van der Waals surface area contributed by atoms with Gasteiger partial charge in [0.25, 0.3) is 0 Å². The summed E-state index contributed by atoms with van der Waals surface area (Å²) in [5.41, 5.74) is 0. The van der Waals surface area contributed by atoms with Crippen LogP contribution in [0.3, 0.4) is 0 Å². The van der Waals surface area contributed by atoms with E-state index in [1.165, 1.54) is 0 Å². The molecule has 0 aliphatic rings. The van der Waals surface area contributed by atoms with Crippen LogP contribution >= 0.6 is 0 Å². The molecule has 1 aromatic heterocycles. The van der Waals surface area contributed by atoms with Crippen LogP contribution in [0.15, 0.2) is 67.0 Å². The maximum absolute atomic E-state index is 7.00. The summed E-state index contributed by atoms with van der Waals surface area (Å²) in [5, 5.41) is 7.00. The van der Waals surface area contributed by atoms with Gasteiger partial charge in [0.1, 0.15) is 0 Å². The van der Waals surface area contributed by atoms with Crippen LogP contribution in [0.2, 0.25) is 0 Å². The Kier molecular flexibility index (Phi) is 9.98. The predicted octanol–water partition coefficient (Wildman–Crippen LogP) is 2.38. The Labute approximate surface area is 84.9 Å². The third-order valence-electron chi connectivity index (χ3n) is 1.23. The van der Waals surface area contributed by atoms with E-state index in [0.29, 0.717) is 0 Å². The lowest BCUT2D eigenvalue weighted by Crippen LogP contribution is -1.58. The number of rotatable bonds is 0. The zero-order valence-electron chi connectivity index (χ0n) is 8.25. The number of aliphatic hydroxyl groups is 1. The highest BCUT2D eigenvalue weighted by Gasteiger charge is 1.58. The molecule has 0 saturated heterocycles. The summed E-state index contributed by atoms with van der Waals surface area (Å²) in [6.07, 6.45) is 3.50. The molecule has 1 N–H and O–H groups in total. The summed E-state index contributed by atoms with van der Waals surface area (Å²) in [7, 11) is 1.00. The van der Waals surface area contributed by atoms with Crippen LogP contribution in [0.5, 0.6) is 0 Å². The van der Waals surface area contributed by atoms with Crippen molar-refractivity contribution in [1.29, 1.82) is 0 Å². The Bertz CT molecular complexity index is 186. The number of aromatic nitrogens is 1. The van der Waals surface area contributed by atoms with Crippen molar-refractivity contribution in [1.82, 2.24) is 4.98 Å². The van der Waals surface area contributed by atoms with Gasteiger partial charge in [0.15, 0.2) is 0 Å². The molecule has 1 aromatic carbocycles. The van der Waals surface area contributed by atoms with E-state index in [4.69, 9.17) is 5.11 Å². The monoisotopic (exact) mass is 189 g/mol. The van der Waals surface area contributed by atoms with Gasteiger partial charge in [-0.3, -0.25) is 4.98 Å². The van der Waals surface area contributed by atoms with Crippen LogP contribution in [0, 0.1) is 0 Å². The minimum absolute atomic E-state index is 1.00. The largest absolute Gasteiger partial charge is 0.400 e. The average molecular weight is 189 g/mol. The van der Waals surface area contributed by atoms with E-state index in [1.54, 1.807) is 12.4 Å². The van der Waals surface area contributed by atoms with Gasteiger partial charge in [0.05, 0.1) is 0 Å². The molecule has 14 heavy (non-hydrogen) atoms. The predicted molar refractivity (Wildman–Crippen MR) is 58.8 cm³/mol. The van der Waals surface area contributed by atoms with Crippen molar-refractivity contribution >= 4 is 0 Å². The van der Waals surface area contributed by atoms with Gasteiger partial charge in [0.2, 0.25) is 0 Å². The Morgan fingerprint density at radius 1 is 0.571 bits per heavy atom. The normalized spacial score (nSPS) is 7.29. The maximum Gasteiger partial charge on any atom is 0.0319 e. The summed E-state index contributed by atoms with van der Waals surface area (Å²) in [5.74, 6) is 0. The highest BCUT2D eigenvalue weighted by atomic mass is 16.2. The highest BCUT2D eigenvalue weighted by Crippen LogP contribution is 1.79. The molecule has 2 aromatic rings. The lowest BCUT2D eigenvalue weighted by molar-refractivity contribution is 0.399. The van der Waals surface area contributed by atoms with E-state index in [9.17, 15) is 0 Å². The number of benzene rings is 1. The first kappa shape index (κ1) is 12.3. The molecule has 2 rings (SSSR count). The van der Waals surface area contributed by atoms with Gasteiger partial charge in [-0.2, -0.15) is 0 Å². The van der Waals surface area contributed by atoms with Gasteiger partial charge in [-0.25, -0.2) is 0 Å². The molecule has 0 bridgehead atoms. The molecule has 0 saturated carbocycles. The van der Waals surface area contributed by atoms with Crippen molar-refractivity contribution in [3.05, 3.63) is 67.0 Å². The average Bonchev–Trinajstić information content (AvgIpc) is 2.37. The second-order valence-corrected chi connectivity index (χ2v) is 2.18. The fourth-order valence-corrected chi connectivity index (χ4v) is 0.698. The maximum atomic E-state index is 7.00. The minimum atomic E-state index is 1.00. The van der Waals surface area contributed by atoms with Crippen LogP contribution in [0.4, 0.5) is 0 Å². The lowest BCUT2D eigenvalue weighted by atomic mass is 10.4. The summed E-state index contributed by atoms with van der Waals surface area (Å²) in [6.45, 7) is 0. The first-order valence-corrected chi connectivity index (χ1v) is 4.30. The van der Waals surface area contributed by atoms with E-state index in [1.807, 2.05) is 54.6 Å². The van der Waals surface area contributed by atoms with Gasteiger partial charge in [-0.05, 0) is 12.1 Å². The Morgan fingerprint density at radius 3 is 1.00 bits per heavy atom. The summed E-state index contributed by atoms with van der Waals surface area (Å²) >= 11 is 0. The number of aliphatic hydroxyl groups excluding tert-OH is 1. The van der Waals surface area contributed by atoms with Gasteiger partial charge in [-0.15, -0.1) is 0 Å². The Balaban J connectivity index is 0.000000206.